The van der Waals surface area contributed by atoms with Gasteiger partial charge in [0.15, 0.2) is 0 Å². The first kappa shape index (κ1) is 14.1. The van der Waals surface area contributed by atoms with E-state index < -0.39 is 10.8 Å². The molecule has 18 heavy (non-hydrogen) atoms. The molecular formula is C15H25NOS. The Morgan fingerprint density at radius 1 is 1.22 bits per heavy atom. The van der Waals surface area contributed by atoms with E-state index in [2.05, 4.69) is 13.0 Å². The van der Waals surface area contributed by atoms with E-state index >= 15 is 0 Å². The summed E-state index contributed by atoms with van der Waals surface area (Å²) in [6.07, 6.45) is 10.4. The normalized spacial score (nSPS) is 35.2. The Morgan fingerprint density at radius 2 is 1.94 bits per heavy atom. The van der Waals surface area contributed by atoms with Crippen molar-refractivity contribution in [3.8, 4) is 6.07 Å². The fourth-order valence-electron chi connectivity index (χ4n) is 3.65. The van der Waals surface area contributed by atoms with Gasteiger partial charge in [-0.3, -0.25) is 4.21 Å². The molecule has 0 aromatic carbocycles. The van der Waals surface area contributed by atoms with Crippen LogP contribution in [0.2, 0.25) is 0 Å². The van der Waals surface area contributed by atoms with Crippen molar-refractivity contribution in [2.45, 2.75) is 75.2 Å². The molecule has 2 aliphatic rings. The van der Waals surface area contributed by atoms with Gasteiger partial charge >= 0.3 is 0 Å². The van der Waals surface area contributed by atoms with Crippen LogP contribution in [0.4, 0.5) is 0 Å². The molecule has 2 rings (SSSR count). The molecule has 0 heterocycles. The first-order valence-electron chi connectivity index (χ1n) is 7.55. The molecule has 0 aromatic heterocycles. The lowest BCUT2D eigenvalue weighted by Gasteiger charge is -2.33. The molecule has 2 fully saturated rings. The zero-order valence-electron chi connectivity index (χ0n) is 11.4. The van der Waals surface area contributed by atoms with Gasteiger partial charge in [-0.25, -0.2) is 0 Å². The molecule has 0 saturated heterocycles. The summed E-state index contributed by atoms with van der Waals surface area (Å²) in [5.41, 5.74) is 0. The Bertz CT molecular complexity index is 330. The first-order chi connectivity index (χ1) is 8.76. The molecular weight excluding hydrogens is 242 g/mol. The summed E-state index contributed by atoms with van der Waals surface area (Å²) in [7, 11) is -0.759. The lowest BCUT2D eigenvalue weighted by molar-refractivity contribution is 0.302. The van der Waals surface area contributed by atoms with E-state index in [0.717, 1.165) is 31.6 Å². The van der Waals surface area contributed by atoms with Crippen LogP contribution in [0.15, 0.2) is 0 Å². The quantitative estimate of drug-likeness (QED) is 0.777. The van der Waals surface area contributed by atoms with E-state index in [4.69, 9.17) is 0 Å². The molecule has 2 saturated carbocycles. The average molecular weight is 267 g/mol. The smallest absolute Gasteiger partial charge is 0.0668 e. The van der Waals surface area contributed by atoms with Gasteiger partial charge in [-0.1, -0.05) is 32.6 Å². The van der Waals surface area contributed by atoms with E-state index in [1.54, 1.807) is 0 Å². The number of hydrogen-bond donors (Lipinski definition) is 0. The van der Waals surface area contributed by atoms with E-state index in [1.165, 1.54) is 32.1 Å². The molecule has 3 heteroatoms. The van der Waals surface area contributed by atoms with Crippen molar-refractivity contribution in [2.24, 2.45) is 11.8 Å². The number of rotatable bonds is 4. The van der Waals surface area contributed by atoms with Crippen molar-refractivity contribution >= 4 is 10.8 Å². The second-order valence-electron chi connectivity index (χ2n) is 5.98. The van der Waals surface area contributed by atoms with Gasteiger partial charge in [0, 0.05) is 16.0 Å². The van der Waals surface area contributed by atoms with Crippen LogP contribution in [0.3, 0.4) is 0 Å². The van der Waals surface area contributed by atoms with Gasteiger partial charge in [0.05, 0.1) is 17.2 Å². The summed E-state index contributed by atoms with van der Waals surface area (Å²) in [5, 5.41) is 9.85. The maximum absolute atomic E-state index is 12.7. The first-order valence-corrected chi connectivity index (χ1v) is 8.82. The molecule has 0 radical (unpaired) electrons. The van der Waals surface area contributed by atoms with Crippen LogP contribution in [0.5, 0.6) is 0 Å². The van der Waals surface area contributed by atoms with Crippen LogP contribution >= 0.6 is 0 Å². The standard InChI is InChI=1S/C15H25NOS/c1-2-5-12-8-9-13(11-16)15(10-12)18(17)14-6-3-4-7-14/h12-15H,2-10H2,1H3. The van der Waals surface area contributed by atoms with Crippen LogP contribution in [-0.4, -0.2) is 14.7 Å². The van der Waals surface area contributed by atoms with Crippen LogP contribution < -0.4 is 0 Å². The third kappa shape index (κ3) is 3.15. The molecule has 2 aliphatic carbocycles. The van der Waals surface area contributed by atoms with Crippen LogP contribution in [0, 0.1) is 23.2 Å². The topological polar surface area (TPSA) is 40.9 Å². The average Bonchev–Trinajstić information content (AvgIpc) is 2.92. The second-order valence-corrected chi connectivity index (χ2v) is 7.91. The van der Waals surface area contributed by atoms with Crippen molar-refractivity contribution in [3.63, 3.8) is 0 Å². The highest BCUT2D eigenvalue weighted by molar-refractivity contribution is 7.86. The molecule has 4 atom stereocenters. The minimum absolute atomic E-state index is 0.0551. The third-order valence-electron chi connectivity index (χ3n) is 4.69. The largest absolute Gasteiger partial charge is 0.259 e. The molecule has 0 spiro atoms. The maximum atomic E-state index is 12.7. The minimum Gasteiger partial charge on any atom is -0.259 e. The minimum atomic E-state index is -0.759. The van der Waals surface area contributed by atoms with Gasteiger partial charge in [0.2, 0.25) is 0 Å². The molecule has 0 aliphatic heterocycles. The number of hydrogen-bond acceptors (Lipinski definition) is 2. The van der Waals surface area contributed by atoms with Crippen LogP contribution in [-0.2, 0) is 10.8 Å². The van der Waals surface area contributed by atoms with Crippen molar-refractivity contribution in [2.75, 3.05) is 0 Å². The molecule has 0 aromatic rings. The van der Waals surface area contributed by atoms with E-state index in [9.17, 15) is 9.47 Å². The summed E-state index contributed by atoms with van der Waals surface area (Å²) >= 11 is 0. The fourth-order valence-corrected chi connectivity index (χ4v) is 5.93. The van der Waals surface area contributed by atoms with Crippen molar-refractivity contribution in [1.29, 1.82) is 5.26 Å². The highest BCUT2D eigenvalue weighted by Crippen LogP contribution is 2.37. The Kier molecular flexibility index (Phi) is 5.24. The fraction of sp³-hybridized carbons (Fsp3) is 0.933. The summed E-state index contributed by atoms with van der Waals surface area (Å²) in [4.78, 5) is 0. The van der Waals surface area contributed by atoms with E-state index in [1.807, 2.05) is 0 Å². The summed E-state index contributed by atoms with van der Waals surface area (Å²) < 4.78 is 12.7. The Morgan fingerprint density at radius 3 is 2.56 bits per heavy atom. The molecule has 0 amide bonds. The van der Waals surface area contributed by atoms with Crippen molar-refractivity contribution in [3.05, 3.63) is 0 Å². The maximum Gasteiger partial charge on any atom is 0.0668 e. The highest BCUT2D eigenvalue weighted by Gasteiger charge is 2.37. The molecule has 2 nitrogen and oxygen atoms in total. The molecule has 4 unspecified atom stereocenters. The number of nitriles is 1. The number of nitrogens with zero attached hydrogens (tertiary/aromatic N) is 1. The Balaban J connectivity index is 2.01. The van der Waals surface area contributed by atoms with E-state index in [0.29, 0.717) is 5.25 Å². The van der Waals surface area contributed by atoms with Gasteiger partial charge in [0.25, 0.3) is 0 Å². The van der Waals surface area contributed by atoms with Crippen LogP contribution in [0.25, 0.3) is 0 Å². The summed E-state index contributed by atoms with van der Waals surface area (Å²) in [6.45, 7) is 2.22. The second kappa shape index (κ2) is 6.70. The van der Waals surface area contributed by atoms with Crippen molar-refractivity contribution in [1.82, 2.24) is 0 Å². The monoisotopic (exact) mass is 267 g/mol. The van der Waals surface area contributed by atoms with Gasteiger partial charge in [0.1, 0.15) is 0 Å². The van der Waals surface area contributed by atoms with Crippen molar-refractivity contribution < 1.29 is 4.21 Å². The zero-order valence-corrected chi connectivity index (χ0v) is 12.3. The third-order valence-corrected chi connectivity index (χ3v) is 6.94. The molecule has 0 N–H and O–H groups in total. The predicted octanol–water partition coefficient (Wildman–Crippen LogP) is 3.79. The van der Waals surface area contributed by atoms with Gasteiger partial charge in [-0.05, 0) is 38.0 Å². The Labute approximate surface area is 114 Å². The highest BCUT2D eigenvalue weighted by atomic mass is 32.2. The zero-order chi connectivity index (χ0) is 13.0. The van der Waals surface area contributed by atoms with Gasteiger partial charge in [-0.15, -0.1) is 0 Å². The molecule has 102 valence electrons. The summed E-state index contributed by atoms with van der Waals surface area (Å²) in [5.74, 6) is 0.773. The lowest BCUT2D eigenvalue weighted by atomic mass is 9.80. The summed E-state index contributed by atoms with van der Waals surface area (Å²) in [6, 6.07) is 2.43. The molecule has 0 bridgehead atoms. The lowest BCUT2D eigenvalue weighted by Crippen LogP contribution is -2.36. The Hall–Kier alpha value is -0.360. The van der Waals surface area contributed by atoms with Crippen LogP contribution in [0.1, 0.15) is 64.7 Å². The van der Waals surface area contributed by atoms with Gasteiger partial charge in [-0.2, -0.15) is 5.26 Å². The van der Waals surface area contributed by atoms with Gasteiger partial charge < -0.3 is 0 Å². The predicted molar refractivity (Wildman–Crippen MR) is 75.5 cm³/mol. The van der Waals surface area contributed by atoms with E-state index in [-0.39, 0.29) is 11.2 Å². The SMILES string of the molecule is CCCC1CCC(C#N)C(S(=O)C2CCCC2)C1.